The maximum Gasteiger partial charge on any atom is 0.483 e. The number of H-pyrrole nitrogens is 1. The number of nitrogens with one attached hydrogen (secondary N) is 7. The highest BCUT2D eigenvalue weighted by atomic mass is 31.3. The average Bonchev–Trinajstić information content (AvgIpc) is 3.61. The first-order chi connectivity index (χ1) is 35.8. The Hall–Kier alpha value is -5.46. The molecular formula is C40H66N10O25P2. The molecule has 1 aromatic rings. The van der Waals surface area contributed by atoms with Crippen molar-refractivity contribution < 1.29 is 110 Å². The van der Waals surface area contributed by atoms with Gasteiger partial charge in [0, 0.05) is 25.6 Å². The molecular weight excluding hydrogens is 1080 g/mol. The Morgan fingerprint density at radius 1 is 0.805 bits per heavy atom. The van der Waals surface area contributed by atoms with Crippen molar-refractivity contribution in [2.75, 3.05) is 19.8 Å². The number of ether oxygens (including phenoxy) is 3. The molecule has 2 saturated heterocycles. The average molecular weight is 1150 g/mol. The number of carbonyl (C=O) groups is 8. The SMILES string of the molecule is CC(=O)N[C@H]1[C@@H](OP(=O)(O)OP(=O)(O)OC[C@H]2O[C@@H](n3ccc(=O)[nH]c3=O)[C@H](O)[C@@H]2O)O[C@H](CO)[C@@H](O)[C@@H]1O[C@H](C)C(=O)NC(=O)[C@H](C)NC(=O)CC[C@@H](NC(=O)[C@H](CCCCN)NC(=O)[C@@H](C)NC(=O)[C@@H](C)N)C(=O)O. The number of aromatic nitrogens is 2. The number of carboxylic acid groups (broad SMARTS) is 1. The van der Waals surface area contributed by atoms with Crippen LogP contribution in [0.15, 0.2) is 21.9 Å². The van der Waals surface area contributed by atoms with Crippen molar-refractivity contribution in [2.45, 2.75) is 158 Å². The van der Waals surface area contributed by atoms with Crippen LogP contribution in [0, 0.1) is 0 Å². The standard InChI is InChI=1S/C40H66N10O25P2/c1-16(42)32(58)44-18(3)33(59)46-21(8-6-7-12-41)36(62)47-22(38(63)64)9-10-25(53)43-17(2)34(60)49-35(61)19(4)71-31-27(45-20(5)52)39(73-23(14-51)29(31)56)74-77(68,69)75-76(66,67)70-15-24-28(55)30(57)37(72-24)50-13-11-26(54)48-40(50)65/h11,13,16-19,21-24,27-31,37,39,51,55-57H,6-10,12,14-15,41-42H2,1-5H3,(H,43,53)(H,44,58)(H,45,52)(H,46,59)(H,47,62)(H,63,64)(H,66,67)(H,68,69)(H,48,54,65)(H,49,60,61)/t16-,17+,18-,19-,21+,22-,23-,24-,27-,28-,29-,30-,31-,37-,39-/m1/s1. The topological polar surface area (TPSA) is 547 Å². The van der Waals surface area contributed by atoms with E-state index in [-0.39, 0.29) is 13.0 Å². The van der Waals surface area contributed by atoms with Gasteiger partial charge in [0.1, 0.15) is 72.9 Å². The number of carbonyl (C=O) groups excluding carboxylic acids is 7. The molecule has 2 fully saturated rings. The van der Waals surface area contributed by atoms with Crippen LogP contribution in [0.3, 0.4) is 0 Å². The lowest BCUT2D eigenvalue weighted by molar-refractivity contribution is -0.261. The van der Waals surface area contributed by atoms with Crippen LogP contribution in [-0.4, -0.2) is 197 Å². The van der Waals surface area contributed by atoms with Crippen molar-refractivity contribution in [3.05, 3.63) is 33.1 Å². The predicted octanol–water partition coefficient (Wildman–Crippen LogP) is -7.27. The molecule has 2 aliphatic rings. The van der Waals surface area contributed by atoms with Crippen LogP contribution in [-0.2, 0) is 75.1 Å². The maximum absolute atomic E-state index is 13.2. The number of phosphoric acid groups is 2. The molecule has 37 heteroatoms. The van der Waals surface area contributed by atoms with Crippen LogP contribution in [0.2, 0.25) is 0 Å². The molecule has 3 rings (SSSR count). The number of rotatable bonds is 29. The van der Waals surface area contributed by atoms with Crippen molar-refractivity contribution in [2.24, 2.45) is 11.5 Å². The van der Waals surface area contributed by atoms with E-state index in [1.165, 1.54) is 13.8 Å². The number of amides is 7. The lowest BCUT2D eigenvalue weighted by Crippen LogP contribution is -2.66. The van der Waals surface area contributed by atoms with E-state index in [4.69, 9.17) is 30.2 Å². The van der Waals surface area contributed by atoms with E-state index in [9.17, 15) is 92.4 Å². The Bertz CT molecular complexity index is 2480. The second-order valence-corrected chi connectivity index (χ2v) is 20.6. The summed E-state index contributed by atoms with van der Waals surface area (Å²) in [4.78, 5) is 148. The molecule has 18 N–H and O–H groups in total. The van der Waals surface area contributed by atoms with Crippen LogP contribution < -0.4 is 54.6 Å². The summed E-state index contributed by atoms with van der Waals surface area (Å²) in [6.45, 7) is 3.74. The van der Waals surface area contributed by atoms with E-state index < -0.39 is 192 Å². The fraction of sp³-hybridized carbons (Fsp3) is 0.700. The molecule has 0 radical (unpaired) electrons. The molecule has 77 heavy (non-hydrogen) atoms. The minimum Gasteiger partial charge on any atom is -0.480 e. The largest absolute Gasteiger partial charge is 0.483 e. The van der Waals surface area contributed by atoms with Gasteiger partial charge in [-0.2, -0.15) is 4.31 Å². The number of nitrogens with two attached hydrogens (primary N) is 2. The summed E-state index contributed by atoms with van der Waals surface area (Å²) in [7, 11) is -11.7. The van der Waals surface area contributed by atoms with Crippen molar-refractivity contribution in [1.82, 2.24) is 41.5 Å². The molecule has 2 unspecified atom stereocenters. The molecule has 17 atom stereocenters. The second kappa shape index (κ2) is 29.5. The molecule has 0 spiro atoms. The summed E-state index contributed by atoms with van der Waals surface area (Å²) in [5, 5.41) is 65.1. The number of unbranched alkanes of at least 4 members (excludes halogenated alkanes) is 1. The summed E-state index contributed by atoms with van der Waals surface area (Å²) in [6, 6.07) is -7.65. The van der Waals surface area contributed by atoms with Gasteiger partial charge in [0.2, 0.25) is 35.4 Å². The number of phosphoric ester groups is 2. The summed E-state index contributed by atoms with van der Waals surface area (Å²) in [5.74, 6) is -8.29. The number of hydrogen-bond acceptors (Lipinski definition) is 24. The third-order valence-corrected chi connectivity index (χ3v) is 13.9. The first kappa shape index (κ1) is 65.8. The number of aromatic amines is 1. The van der Waals surface area contributed by atoms with Gasteiger partial charge in [-0.15, -0.1) is 0 Å². The van der Waals surface area contributed by atoms with E-state index in [0.29, 0.717) is 17.4 Å². The van der Waals surface area contributed by atoms with Crippen LogP contribution in [0.25, 0.3) is 0 Å². The lowest BCUT2D eigenvalue weighted by Gasteiger charge is -2.44. The normalized spacial score (nSPS) is 26.2. The quantitative estimate of drug-likeness (QED) is 0.0262. The Kier molecular flexibility index (Phi) is 25.2. The number of aliphatic hydroxyl groups excluding tert-OH is 4. The first-order valence-electron chi connectivity index (χ1n) is 23.4. The van der Waals surface area contributed by atoms with Crippen LogP contribution in [0.4, 0.5) is 0 Å². The molecule has 35 nitrogen and oxygen atoms in total. The maximum atomic E-state index is 13.2. The molecule has 436 valence electrons. The van der Waals surface area contributed by atoms with Gasteiger partial charge in [-0.3, -0.25) is 62.3 Å². The smallest absolute Gasteiger partial charge is 0.480 e. The summed E-state index contributed by atoms with van der Waals surface area (Å²) < 4.78 is 56.9. The Morgan fingerprint density at radius 2 is 1.44 bits per heavy atom. The van der Waals surface area contributed by atoms with Crippen LogP contribution in [0.5, 0.6) is 0 Å². The fourth-order valence-corrected chi connectivity index (χ4v) is 9.35. The minimum absolute atomic E-state index is 0.0161. The molecule has 0 aliphatic carbocycles. The monoisotopic (exact) mass is 1150 g/mol. The third-order valence-electron chi connectivity index (χ3n) is 11.3. The van der Waals surface area contributed by atoms with E-state index in [1.54, 1.807) is 0 Å². The Balaban J connectivity index is 1.63. The minimum atomic E-state index is -5.95. The highest BCUT2D eigenvalue weighted by Crippen LogP contribution is 2.61. The Labute approximate surface area is 436 Å². The van der Waals surface area contributed by atoms with Gasteiger partial charge in [0.05, 0.1) is 19.3 Å². The van der Waals surface area contributed by atoms with Gasteiger partial charge in [0.25, 0.3) is 11.5 Å². The van der Waals surface area contributed by atoms with E-state index in [2.05, 4.69) is 35.4 Å². The zero-order valence-electron chi connectivity index (χ0n) is 41.9. The number of hydrogen-bond donors (Lipinski definition) is 16. The molecule has 1 aromatic heterocycles. The number of imide groups is 1. The highest BCUT2D eigenvalue weighted by Gasteiger charge is 2.52. The van der Waals surface area contributed by atoms with Gasteiger partial charge in [-0.05, 0) is 59.9 Å². The van der Waals surface area contributed by atoms with Gasteiger partial charge in [0.15, 0.2) is 12.5 Å². The zero-order valence-corrected chi connectivity index (χ0v) is 43.7. The summed E-state index contributed by atoms with van der Waals surface area (Å²) >= 11 is 0. The molecule has 3 heterocycles. The summed E-state index contributed by atoms with van der Waals surface area (Å²) in [5.41, 5.74) is 9.18. The lowest BCUT2D eigenvalue weighted by atomic mass is 9.96. The predicted molar refractivity (Wildman–Crippen MR) is 254 cm³/mol. The second-order valence-electron chi connectivity index (χ2n) is 17.6. The third kappa shape index (κ3) is 20.1. The summed E-state index contributed by atoms with van der Waals surface area (Å²) in [6.07, 6.45) is -16.6. The number of nitrogens with zero attached hydrogens (tertiary/aromatic N) is 1. The van der Waals surface area contributed by atoms with Gasteiger partial charge >= 0.3 is 27.3 Å². The van der Waals surface area contributed by atoms with Crippen molar-refractivity contribution in [3.63, 3.8) is 0 Å². The van der Waals surface area contributed by atoms with Gasteiger partial charge < -0.3 is 87.6 Å². The first-order valence-corrected chi connectivity index (χ1v) is 26.4. The molecule has 0 bridgehead atoms. The fourth-order valence-electron chi connectivity index (χ4n) is 7.19. The molecule has 2 aliphatic heterocycles. The van der Waals surface area contributed by atoms with Crippen molar-refractivity contribution in [3.8, 4) is 0 Å². The highest BCUT2D eigenvalue weighted by molar-refractivity contribution is 7.61. The zero-order chi connectivity index (χ0) is 58.3. The van der Waals surface area contributed by atoms with Crippen molar-refractivity contribution in [1.29, 1.82) is 0 Å². The van der Waals surface area contributed by atoms with Gasteiger partial charge in [-0.25, -0.2) is 18.7 Å². The van der Waals surface area contributed by atoms with E-state index in [0.717, 1.165) is 33.0 Å². The van der Waals surface area contributed by atoms with E-state index >= 15 is 0 Å². The van der Waals surface area contributed by atoms with E-state index in [1.807, 2.05) is 10.3 Å². The van der Waals surface area contributed by atoms with Crippen LogP contribution >= 0.6 is 15.6 Å². The number of aliphatic carboxylic acids is 1. The Morgan fingerprint density at radius 3 is 2.03 bits per heavy atom. The van der Waals surface area contributed by atoms with Gasteiger partial charge in [-0.1, -0.05) is 0 Å². The number of carboxylic acids is 1. The van der Waals surface area contributed by atoms with Crippen LogP contribution in [0.1, 0.15) is 73.0 Å². The molecule has 0 aromatic carbocycles. The molecule has 7 amide bonds. The molecule has 0 saturated carbocycles. The van der Waals surface area contributed by atoms with Crippen molar-refractivity contribution >= 4 is 63.0 Å². The number of aliphatic hydroxyl groups is 4.